The van der Waals surface area contributed by atoms with Crippen molar-refractivity contribution in [2.45, 2.75) is 38.6 Å². The van der Waals surface area contributed by atoms with Crippen LogP contribution in [0.15, 0.2) is 30.7 Å². The quantitative estimate of drug-likeness (QED) is 0.656. The number of benzene rings is 1. The molecule has 3 aromatic rings. The van der Waals surface area contributed by atoms with Crippen LogP contribution < -0.4 is 11.1 Å². The van der Waals surface area contributed by atoms with Crippen LogP contribution in [0.3, 0.4) is 0 Å². The summed E-state index contributed by atoms with van der Waals surface area (Å²) >= 11 is 0. The Hall–Kier alpha value is -3.09. The number of hydrogen-bond acceptors (Lipinski definition) is 4. The molecule has 1 fully saturated rings. The van der Waals surface area contributed by atoms with E-state index >= 15 is 0 Å². The van der Waals surface area contributed by atoms with Crippen molar-refractivity contribution in [1.82, 2.24) is 14.5 Å². The first kappa shape index (κ1) is 16.4. The molecule has 1 aromatic carbocycles. The van der Waals surface area contributed by atoms with E-state index in [4.69, 9.17) is 10.8 Å². The zero-order valence-electron chi connectivity index (χ0n) is 14.6. The van der Waals surface area contributed by atoms with Gasteiger partial charge in [-0.2, -0.15) is 0 Å². The van der Waals surface area contributed by atoms with Crippen molar-refractivity contribution in [1.29, 1.82) is 0 Å². The second-order valence-electron chi connectivity index (χ2n) is 6.81. The van der Waals surface area contributed by atoms with Crippen LogP contribution >= 0.6 is 0 Å². The number of aromatic nitrogens is 3. The van der Waals surface area contributed by atoms with E-state index < -0.39 is 6.09 Å². The number of rotatable bonds is 3. The fraction of sp³-hybridized carbons (Fsp3) is 0.316. The molecule has 7 nitrogen and oxygen atoms in total. The number of fused-ring (bicyclic) bond motifs is 1. The molecule has 0 aliphatic heterocycles. The van der Waals surface area contributed by atoms with E-state index in [1.54, 1.807) is 6.07 Å². The lowest BCUT2D eigenvalue weighted by atomic mass is 10.0. The Kier molecular flexibility index (Phi) is 3.99. The van der Waals surface area contributed by atoms with Gasteiger partial charge in [0.05, 0.1) is 5.39 Å². The minimum Gasteiger partial charge on any atom is -0.465 e. The maximum Gasteiger partial charge on any atom is 0.409 e. The molecule has 1 aliphatic rings. The van der Waals surface area contributed by atoms with Gasteiger partial charge >= 0.3 is 6.09 Å². The summed E-state index contributed by atoms with van der Waals surface area (Å²) in [6, 6.07) is 6.08. The molecule has 2 aromatic heterocycles. The SMILES string of the molecule is Cc1cc(-c2cn(C3CCCC3)c3ncnc(N)c23)ccc1NC(=O)O. The number of anilines is 2. The van der Waals surface area contributed by atoms with Crippen LogP contribution in [0.4, 0.5) is 16.3 Å². The van der Waals surface area contributed by atoms with Crippen LogP contribution in [0, 0.1) is 6.92 Å². The molecule has 0 atom stereocenters. The molecule has 0 spiro atoms. The normalized spacial score (nSPS) is 14.8. The van der Waals surface area contributed by atoms with E-state index in [0.29, 0.717) is 17.5 Å². The van der Waals surface area contributed by atoms with Gasteiger partial charge in [-0.1, -0.05) is 18.9 Å². The van der Waals surface area contributed by atoms with Gasteiger partial charge in [0.1, 0.15) is 17.8 Å². The standard InChI is InChI=1S/C19H21N5O2/c1-11-8-12(6-7-15(11)23-19(25)26)14-9-24(13-4-2-3-5-13)18-16(14)17(20)21-10-22-18/h6-10,13,23H,2-5H2,1H3,(H,25,26)(H2,20,21,22). The Labute approximate surface area is 150 Å². The predicted molar refractivity (Wildman–Crippen MR) is 101 cm³/mol. The summed E-state index contributed by atoms with van der Waals surface area (Å²) in [5.41, 5.74) is 10.4. The van der Waals surface area contributed by atoms with Crippen molar-refractivity contribution in [3.05, 3.63) is 36.3 Å². The van der Waals surface area contributed by atoms with Crippen LogP contribution in [0.1, 0.15) is 37.3 Å². The van der Waals surface area contributed by atoms with Crippen LogP contribution in [0.25, 0.3) is 22.2 Å². The number of amides is 1. The van der Waals surface area contributed by atoms with Crippen LogP contribution in [0.2, 0.25) is 0 Å². The van der Waals surface area contributed by atoms with Crippen molar-refractivity contribution in [3.63, 3.8) is 0 Å². The Bertz CT molecular complexity index is 989. The van der Waals surface area contributed by atoms with E-state index in [2.05, 4.69) is 26.0 Å². The summed E-state index contributed by atoms with van der Waals surface area (Å²) in [5, 5.41) is 12.2. The van der Waals surface area contributed by atoms with E-state index in [0.717, 1.165) is 40.6 Å². The molecule has 1 saturated carbocycles. The fourth-order valence-corrected chi connectivity index (χ4v) is 3.87. The third kappa shape index (κ3) is 2.75. The third-order valence-corrected chi connectivity index (χ3v) is 5.14. The first-order valence-corrected chi connectivity index (χ1v) is 8.76. The summed E-state index contributed by atoms with van der Waals surface area (Å²) in [4.78, 5) is 19.6. The molecule has 2 heterocycles. The number of carbonyl (C=O) groups is 1. The Morgan fingerprint density at radius 1 is 1.31 bits per heavy atom. The second-order valence-corrected chi connectivity index (χ2v) is 6.81. The average molecular weight is 351 g/mol. The molecule has 134 valence electrons. The lowest BCUT2D eigenvalue weighted by Crippen LogP contribution is -2.08. The molecule has 0 bridgehead atoms. The Balaban J connectivity index is 1.86. The minimum absolute atomic E-state index is 0.439. The summed E-state index contributed by atoms with van der Waals surface area (Å²) in [5.74, 6) is 0.465. The number of nitrogens with zero attached hydrogens (tertiary/aromatic N) is 3. The lowest BCUT2D eigenvalue weighted by Gasteiger charge is -2.12. The minimum atomic E-state index is -1.07. The van der Waals surface area contributed by atoms with Gasteiger partial charge in [-0.15, -0.1) is 0 Å². The van der Waals surface area contributed by atoms with Gasteiger partial charge in [0, 0.05) is 23.5 Å². The molecule has 4 N–H and O–H groups in total. The first-order chi connectivity index (χ1) is 12.5. The molecule has 0 radical (unpaired) electrons. The molecule has 1 amide bonds. The molecular weight excluding hydrogens is 330 g/mol. The Morgan fingerprint density at radius 2 is 2.08 bits per heavy atom. The average Bonchev–Trinajstić information content (AvgIpc) is 3.24. The number of hydrogen-bond donors (Lipinski definition) is 3. The number of aryl methyl sites for hydroxylation is 1. The van der Waals surface area contributed by atoms with Crippen molar-refractivity contribution in [2.75, 3.05) is 11.1 Å². The van der Waals surface area contributed by atoms with Gasteiger partial charge in [-0.05, 0) is 43.0 Å². The molecule has 0 saturated heterocycles. The number of carboxylic acid groups (broad SMARTS) is 1. The highest BCUT2D eigenvalue weighted by Gasteiger charge is 2.23. The maximum atomic E-state index is 10.9. The lowest BCUT2D eigenvalue weighted by molar-refractivity contribution is 0.209. The summed E-state index contributed by atoms with van der Waals surface area (Å²) in [7, 11) is 0. The zero-order valence-corrected chi connectivity index (χ0v) is 14.6. The first-order valence-electron chi connectivity index (χ1n) is 8.76. The molecule has 4 rings (SSSR count). The van der Waals surface area contributed by atoms with Gasteiger partial charge in [0.25, 0.3) is 0 Å². The maximum absolute atomic E-state index is 10.9. The molecule has 26 heavy (non-hydrogen) atoms. The molecular formula is C19H21N5O2. The smallest absolute Gasteiger partial charge is 0.409 e. The monoisotopic (exact) mass is 351 g/mol. The third-order valence-electron chi connectivity index (χ3n) is 5.14. The van der Waals surface area contributed by atoms with Crippen LogP contribution in [-0.4, -0.2) is 25.7 Å². The summed E-state index contributed by atoms with van der Waals surface area (Å²) in [6.07, 6.45) is 7.31. The topological polar surface area (TPSA) is 106 Å². The fourth-order valence-electron chi connectivity index (χ4n) is 3.87. The number of nitrogens with two attached hydrogens (primary N) is 1. The van der Waals surface area contributed by atoms with Gasteiger partial charge < -0.3 is 15.4 Å². The zero-order chi connectivity index (χ0) is 18.3. The second kappa shape index (κ2) is 6.33. The van der Waals surface area contributed by atoms with E-state index in [1.165, 1.54) is 19.2 Å². The number of nitrogens with one attached hydrogen (secondary N) is 1. The van der Waals surface area contributed by atoms with Crippen molar-refractivity contribution >= 4 is 28.6 Å². The van der Waals surface area contributed by atoms with Crippen molar-refractivity contribution < 1.29 is 9.90 Å². The largest absolute Gasteiger partial charge is 0.465 e. The molecule has 1 aliphatic carbocycles. The van der Waals surface area contributed by atoms with Crippen LogP contribution in [0.5, 0.6) is 0 Å². The highest BCUT2D eigenvalue weighted by atomic mass is 16.4. The Morgan fingerprint density at radius 3 is 2.77 bits per heavy atom. The molecule has 0 unspecified atom stereocenters. The van der Waals surface area contributed by atoms with Gasteiger partial charge in [0.2, 0.25) is 0 Å². The highest BCUT2D eigenvalue weighted by molar-refractivity contribution is 6.01. The predicted octanol–water partition coefficient (Wildman–Crippen LogP) is 4.19. The van der Waals surface area contributed by atoms with Crippen molar-refractivity contribution in [3.8, 4) is 11.1 Å². The van der Waals surface area contributed by atoms with Gasteiger partial charge in [-0.25, -0.2) is 14.8 Å². The number of nitrogen functional groups attached to an aromatic ring is 1. The van der Waals surface area contributed by atoms with Crippen molar-refractivity contribution in [2.24, 2.45) is 0 Å². The van der Waals surface area contributed by atoms with Crippen LogP contribution in [-0.2, 0) is 0 Å². The van der Waals surface area contributed by atoms with E-state index in [9.17, 15) is 4.79 Å². The van der Waals surface area contributed by atoms with E-state index in [1.807, 2.05) is 19.1 Å². The molecule has 7 heteroatoms. The van der Waals surface area contributed by atoms with Gasteiger partial charge in [0.15, 0.2) is 0 Å². The van der Waals surface area contributed by atoms with Gasteiger partial charge in [-0.3, -0.25) is 5.32 Å². The summed E-state index contributed by atoms with van der Waals surface area (Å²) in [6.45, 7) is 1.88. The highest BCUT2D eigenvalue weighted by Crippen LogP contribution is 2.39. The van der Waals surface area contributed by atoms with E-state index in [-0.39, 0.29) is 0 Å². The summed E-state index contributed by atoms with van der Waals surface area (Å²) < 4.78 is 2.23.